The van der Waals surface area contributed by atoms with Crippen LogP contribution in [0.25, 0.3) is 6.08 Å². The van der Waals surface area contributed by atoms with Crippen molar-refractivity contribution in [1.29, 1.82) is 5.41 Å². The van der Waals surface area contributed by atoms with Crippen molar-refractivity contribution in [2.75, 3.05) is 14.2 Å². The minimum Gasteiger partial charge on any atom is -0.497 e. The zero-order valence-electron chi connectivity index (χ0n) is 17.5. The van der Waals surface area contributed by atoms with E-state index < -0.39 is 11.9 Å². The number of hydrogen-bond acceptors (Lipinski definition) is 7. The van der Waals surface area contributed by atoms with Gasteiger partial charge in [-0.05, 0) is 48.9 Å². The summed E-state index contributed by atoms with van der Waals surface area (Å²) in [4.78, 5) is 34.3. The van der Waals surface area contributed by atoms with Gasteiger partial charge >= 0.3 is 5.97 Å². The third-order valence-corrected chi connectivity index (χ3v) is 4.69. The molecule has 9 nitrogen and oxygen atoms in total. The average molecular weight is 433 g/mol. The topological polar surface area (TPSA) is 111 Å². The van der Waals surface area contributed by atoms with Gasteiger partial charge in [0.15, 0.2) is 23.2 Å². The normalized spacial score (nSPS) is 16.2. The number of methoxy groups -OCH3 is 2. The minimum atomic E-state index is -0.576. The van der Waals surface area contributed by atoms with Crippen molar-refractivity contribution in [3.63, 3.8) is 0 Å². The number of nitrogens with one attached hydrogen (secondary N) is 1. The van der Waals surface area contributed by atoms with Crippen LogP contribution in [0.1, 0.15) is 22.8 Å². The van der Waals surface area contributed by atoms with Gasteiger partial charge in [-0.2, -0.15) is 4.99 Å². The molecule has 1 amide bonds. The lowest BCUT2D eigenvalue weighted by Crippen LogP contribution is -2.38. The van der Waals surface area contributed by atoms with E-state index in [-0.39, 0.29) is 28.7 Å². The first-order valence-electron chi connectivity index (χ1n) is 9.54. The molecule has 4 rings (SSSR count). The maximum absolute atomic E-state index is 12.5. The molecule has 1 N–H and O–H groups in total. The number of hydrogen-bond donors (Lipinski definition) is 1. The van der Waals surface area contributed by atoms with Crippen LogP contribution in [0.15, 0.2) is 64.9 Å². The number of hydroxylamine groups is 2. The van der Waals surface area contributed by atoms with Crippen molar-refractivity contribution in [2.45, 2.75) is 6.92 Å². The van der Waals surface area contributed by atoms with Gasteiger partial charge in [0.05, 0.1) is 25.4 Å². The number of ether oxygens (including phenoxy) is 3. The Morgan fingerprint density at radius 2 is 1.94 bits per heavy atom. The number of nitrogens with zero attached hydrogens (tertiary/aromatic N) is 2. The van der Waals surface area contributed by atoms with E-state index >= 15 is 0 Å². The number of rotatable bonds is 5. The Morgan fingerprint density at radius 1 is 1.12 bits per heavy atom. The number of carbonyl (C=O) groups is 2. The van der Waals surface area contributed by atoms with Crippen LogP contribution < -0.4 is 14.2 Å². The van der Waals surface area contributed by atoms with Crippen molar-refractivity contribution in [1.82, 2.24) is 5.06 Å². The van der Waals surface area contributed by atoms with Crippen LogP contribution in [-0.2, 0) is 9.63 Å². The van der Waals surface area contributed by atoms with Crippen LogP contribution in [0.5, 0.6) is 17.2 Å². The molecule has 2 aliphatic rings. The second kappa shape index (κ2) is 8.38. The fraction of sp³-hybridized carbons (Fsp3) is 0.130. The molecular weight excluding hydrogens is 414 g/mol. The first kappa shape index (κ1) is 20.9. The Labute approximate surface area is 183 Å². The zero-order chi connectivity index (χ0) is 22.8. The molecule has 0 fully saturated rings. The van der Waals surface area contributed by atoms with Gasteiger partial charge in [-0.15, -0.1) is 5.06 Å². The van der Waals surface area contributed by atoms with E-state index in [1.54, 1.807) is 55.5 Å². The highest BCUT2D eigenvalue weighted by atomic mass is 16.7. The van der Waals surface area contributed by atoms with E-state index in [0.717, 1.165) is 0 Å². The SMILES string of the molecule is COc1cccc(C(=O)Oc2ccc(/C=C3\C(=N)N4OC(C)=CC4=NC3=O)cc2OC)c1. The van der Waals surface area contributed by atoms with Crippen LogP contribution in [0.3, 0.4) is 0 Å². The predicted octanol–water partition coefficient (Wildman–Crippen LogP) is 3.37. The molecule has 0 radical (unpaired) electrons. The molecule has 0 unspecified atom stereocenters. The number of benzene rings is 2. The van der Waals surface area contributed by atoms with Gasteiger partial charge in [-0.1, -0.05) is 12.1 Å². The Balaban J connectivity index is 1.58. The monoisotopic (exact) mass is 433 g/mol. The number of amidine groups is 2. The summed E-state index contributed by atoms with van der Waals surface area (Å²) in [5, 5.41) is 9.48. The van der Waals surface area contributed by atoms with Crippen LogP contribution in [0.4, 0.5) is 0 Å². The van der Waals surface area contributed by atoms with Gasteiger partial charge in [-0.3, -0.25) is 10.2 Å². The molecule has 0 aliphatic carbocycles. The Kier molecular flexibility index (Phi) is 5.46. The molecule has 2 aliphatic heterocycles. The van der Waals surface area contributed by atoms with E-state index in [0.29, 0.717) is 22.6 Å². The van der Waals surface area contributed by atoms with Gasteiger partial charge in [-0.25, -0.2) is 4.79 Å². The Hall–Kier alpha value is -4.40. The number of amides is 1. The minimum absolute atomic E-state index is 0.0556. The molecular formula is C23H19N3O6. The van der Waals surface area contributed by atoms with E-state index in [9.17, 15) is 9.59 Å². The molecule has 32 heavy (non-hydrogen) atoms. The lowest BCUT2D eigenvalue weighted by Gasteiger charge is -2.23. The van der Waals surface area contributed by atoms with Crippen molar-refractivity contribution >= 4 is 29.6 Å². The molecule has 2 heterocycles. The summed E-state index contributed by atoms with van der Waals surface area (Å²) in [6.07, 6.45) is 3.08. The zero-order valence-corrected chi connectivity index (χ0v) is 17.5. The third-order valence-electron chi connectivity index (χ3n) is 4.69. The van der Waals surface area contributed by atoms with Gasteiger partial charge in [0.25, 0.3) is 5.91 Å². The summed E-state index contributed by atoms with van der Waals surface area (Å²) in [6, 6.07) is 11.4. The number of esters is 1. The molecule has 2 aromatic rings. The van der Waals surface area contributed by atoms with Gasteiger partial charge < -0.3 is 19.0 Å². The van der Waals surface area contributed by atoms with Crippen molar-refractivity contribution in [3.8, 4) is 17.2 Å². The molecule has 0 bridgehead atoms. The van der Waals surface area contributed by atoms with E-state index in [2.05, 4.69) is 4.99 Å². The van der Waals surface area contributed by atoms with E-state index in [4.69, 9.17) is 24.5 Å². The lowest BCUT2D eigenvalue weighted by atomic mass is 10.1. The Morgan fingerprint density at radius 3 is 2.69 bits per heavy atom. The maximum atomic E-state index is 12.5. The van der Waals surface area contributed by atoms with Crippen LogP contribution in [0.2, 0.25) is 0 Å². The second-order valence-electron chi connectivity index (χ2n) is 6.85. The van der Waals surface area contributed by atoms with E-state index in [1.165, 1.54) is 25.4 Å². The molecule has 0 aromatic heterocycles. The van der Waals surface area contributed by atoms with Crippen LogP contribution in [-0.4, -0.2) is 42.8 Å². The summed E-state index contributed by atoms with van der Waals surface area (Å²) in [7, 11) is 2.95. The summed E-state index contributed by atoms with van der Waals surface area (Å²) in [5.74, 6) is 0.571. The fourth-order valence-corrected chi connectivity index (χ4v) is 3.13. The highest BCUT2D eigenvalue weighted by molar-refractivity contribution is 6.32. The van der Waals surface area contributed by atoms with E-state index in [1.807, 2.05) is 0 Å². The standard InChI is InChI=1S/C23H19N3O6/c1-13-9-20-25-22(27)17(21(24)26(20)32-13)10-14-7-8-18(19(11-14)30-3)31-23(28)15-5-4-6-16(12-15)29-2/h4-12,24H,1-3H3/b17-10+,24-21?. The van der Waals surface area contributed by atoms with Crippen molar-refractivity contribution in [3.05, 3.63) is 71.0 Å². The molecule has 0 saturated heterocycles. The molecule has 0 spiro atoms. The second-order valence-corrected chi connectivity index (χ2v) is 6.85. The molecule has 0 saturated carbocycles. The van der Waals surface area contributed by atoms with Crippen LogP contribution in [0, 0.1) is 5.41 Å². The fourth-order valence-electron chi connectivity index (χ4n) is 3.13. The molecule has 9 heteroatoms. The first-order valence-corrected chi connectivity index (χ1v) is 9.54. The molecule has 162 valence electrons. The average Bonchev–Trinajstić information content (AvgIpc) is 3.17. The number of fused-ring (bicyclic) bond motifs is 1. The summed E-state index contributed by atoms with van der Waals surface area (Å²) >= 11 is 0. The number of allylic oxidation sites excluding steroid dienone is 1. The largest absolute Gasteiger partial charge is 0.497 e. The quantitative estimate of drug-likeness (QED) is 0.437. The maximum Gasteiger partial charge on any atom is 0.343 e. The van der Waals surface area contributed by atoms with Gasteiger partial charge in [0.2, 0.25) is 0 Å². The van der Waals surface area contributed by atoms with Crippen LogP contribution >= 0.6 is 0 Å². The predicted molar refractivity (Wildman–Crippen MR) is 116 cm³/mol. The first-order chi connectivity index (χ1) is 15.4. The highest BCUT2D eigenvalue weighted by Crippen LogP contribution is 2.31. The summed E-state index contributed by atoms with van der Waals surface area (Å²) in [5.41, 5.74) is 0.931. The number of carbonyl (C=O) groups excluding carboxylic acids is 2. The summed E-state index contributed by atoms with van der Waals surface area (Å²) in [6.45, 7) is 1.71. The van der Waals surface area contributed by atoms with Gasteiger partial charge in [0.1, 0.15) is 11.5 Å². The lowest BCUT2D eigenvalue weighted by molar-refractivity contribution is -0.114. The van der Waals surface area contributed by atoms with Gasteiger partial charge in [0, 0.05) is 6.08 Å². The van der Waals surface area contributed by atoms with Crippen molar-refractivity contribution < 1.29 is 28.6 Å². The smallest absolute Gasteiger partial charge is 0.343 e. The highest BCUT2D eigenvalue weighted by Gasteiger charge is 2.34. The Bertz CT molecular complexity index is 1230. The molecule has 2 aromatic carbocycles. The number of aliphatic imine (C=N–C) groups is 1. The summed E-state index contributed by atoms with van der Waals surface area (Å²) < 4.78 is 16.0. The third kappa shape index (κ3) is 3.95. The van der Waals surface area contributed by atoms with Crippen molar-refractivity contribution in [2.24, 2.45) is 4.99 Å². The molecule has 0 atom stereocenters.